The highest BCUT2D eigenvalue weighted by Crippen LogP contribution is 2.20. The van der Waals surface area contributed by atoms with E-state index in [2.05, 4.69) is 10.6 Å². The van der Waals surface area contributed by atoms with E-state index in [1.165, 1.54) is 0 Å². The van der Waals surface area contributed by atoms with Crippen molar-refractivity contribution in [3.63, 3.8) is 0 Å². The van der Waals surface area contributed by atoms with Gasteiger partial charge in [0.05, 0.1) is 12.0 Å². The Bertz CT molecular complexity index is 791. The van der Waals surface area contributed by atoms with Crippen molar-refractivity contribution in [1.29, 1.82) is 0 Å². The van der Waals surface area contributed by atoms with Crippen LogP contribution in [0, 0.1) is 12.8 Å². The molecule has 2 N–H and O–H groups in total. The number of hydrogen-bond donors (Lipinski definition) is 2. The summed E-state index contributed by atoms with van der Waals surface area (Å²) in [7, 11) is 0. The Labute approximate surface area is 160 Å². The maximum absolute atomic E-state index is 12.7. The summed E-state index contributed by atoms with van der Waals surface area (Å²) in [6, 6.07) is 17.4. The first-order valence-electron chi connectivity index (χ1n) is 9.51. The van der Waals surface area contributed by atoms with Crippen LogP contribution in [0.25, 0.3) is 0 Å². The number of likely N-dealkylation sites (tertiary alicyclic amines) is 1. The van der Waals surface area contributed by atoms with Gasteiger partial charge in [0.2, 0.25) is 5.91 Å². The summed E-state index contributed by atoms with van der Waals surface area (Å²) in [6.45, 7) is 5.10. The van der Waals surface area contributed by atoms with Gasteiger partial charge in [-0.1, -0.05) is 42.5 Å². The smallest absolute Gasteiger partial charge is 0.321 e. The number of carbonyl (C=O) groups excluding carboxylic acids is 2. The molecule has 2 aromatic rings. The Kier molecular flexibility index (Phi) is 6.12. The van der Waals surface area contributed by atoms with Crippen LogP contribution in [0.15, 0.2) is 54.6 Å². The fourth-order valence-corrected chi connectivity index (χ4v) is 3.46. The van der Waals surface area contributed by atoms with Gasteiger partial charge in [-0.25, -0.2) is 4.79 Å². The highest BCUT2D eigenvalue weighted by Gasteiger charge is 2.29. The molecule has 1 aliphatic rings. The Morgan fingerprint density at radius 1 is 1.11 bits per heavy atom. The Hall–Kier alpha value is -2.82. The number of nitrogens with zero attached hydrogens (tertiary/aromatic N) is 1. The van der Waals surface area contributed by atoms with E-state index in [-0.39, 0.29) is 23.9 Å². The van der Waals surface area contributed by atoms with Gasteiger partial charge in [0.25, 0.3) is 0 Å². The molecule has 142 valence electrons. The molecule has 27 heavy (non-hydrogen) atoms. The second-order valence-corrected chi connectivity index (χ2v) is 7.23. The molecule has 5 nitrogen and oxygen atoms in total. The van der Waals surface area contributed by atoms with Crippen molar-refractivity contribution in [2.75, 3.05) is 18.4 Å². The number of amides is 3. The summed E-state index contributed by atoms with van der Waals surface area (Å²) in [5.74, 6) is -0.160. The lowest BCUT2D eigenvalue weighted by atomic mass is 9.96. The third-order valence-corrected chi connectivity index (χ3v) is 5.01. The van der Waals surface area contributed by atoms with Crippen LogP contribution in [0.4, 0.5) is 10.5 Å². The molecule has 1 aliphatic heterocycles. The number of urea groups is 1. The molecular formula is C22H27N3O2. The maximum Gasteiger partial charge on any atom is 0.321 e. The largest absolute Gasteiger partial charge is 0.349 e. The molecule has 0 bridgehead atoms. The van der Waals surface area contributed by atoms with Gasteiger partial charge >= 0.3 is 6.03 Å². The van der Waals surface area contributed by atoms with Crippen molar-refractivity contribution in [2.24, 2.45) is 5.92 Å². The third-order valence-electron chi connectivity index (χ3n) is 5.01. The van der Waals surface area contributed by atoms with E-state index in [4.69, 9.17) is 0 Å². The van der Waals surface area contributed by atoms with Crippen LogP contribution in [0.2, 0.25) is 0 Å². The van der Waals surface area contributed by atoms with Crippen molar-refractivity contribution in [3.05, 3.63) is 65.7 Å². The summed E-state index contributed by atoms with van der Waals surface area (Å²) in [4.78, 5) is 27.0. The van der Waals surface area contributed by atoms with Crippen molar-refractivity contribution < 1.29 is 9.59 Å². The molecule has 0 radical (unpaired) electrons. The Morgan fingerprint density at radius 2 is 1.89 bits per heavy atom. The van der Waals surface area contributed by atoms with Crippen LogP contribution in [-0.2, 0) is 4.79 Å². The van der Waals surface area contributed by atoms with Gasteiger partial charge in [0, 0.05) is 18.8 Å². The van der Waals surface area contributed by atoms with Gasteiger partial charge in [-0.2, -0.15) is 0 Å². The number of aryl methyl sites for hydroxylation is 1. The molecule has 0 spiro atoms. The second-order valence-electron chi connectivity index (χ2n) is 7.23. The monoisotopic (exact) mass is 365 g/mol. The first-order chi connectivity index (χ1) is 13.0. The zero-order valence-electron chi connectivity index (χ0n) is 15.9. The van der Waals surface area contributed by atoms with Gasteiger partial charge in [0.15, 0.2) is 0 Å². The molecule has 2 atom stereocenters. The Morgan fingerprint density at radius 3 is 2.63 bits per heavy atom. The predicted molar refractivity (Wildman–Crippen MR) is 107 cm³/mol. The van der Waals surface area contributed by atoms with Gasteiger partial charge < -0.3 is 15.5 Å². The highest BCUT2D eigenvalue weighted by molar-refractivity contribution is 5.90. The molecule has 1 heterocycles. The van der Waals surface area contributed by atoms with Crippen molar-refractivity contribution >= 4 is 17.6 Å². The normalized spacial score (nSPS) is 17.9. The topological polar surface area (TPSA) is 61.4 Å². The average Bonchev–Trinajstić information content (AvgIpc) is 2.68. The van der Waals surface area contributed by atoms with Crippen LogP contribution < -0.4 is 10.6 Å². The summed E-state index contributed by atoms with van der Waals surface area (Å²) < 4.78 is 0. The lowest BCUT2D eigenvalue weighted by Gasteiger charge is -2.32. The van der Waals surface area contributed by atoms with Gasteiger partial charge in [-0.3, -0.25) is 4.79 Å². The molecule has 3 amide bonds. The fraction of sp³-hybridized carbons (Fsp3) is 0.364. The van der Waals surface area contributed by atoms with Crippen LogP contribution in [0.1, 0.15) is 36.9 Å². The SMILES string of the molecule is Cc1cccc(NC(=O)N2CCCC(C(=O)NC(C)c3ccccc3)C2)c1. The number of anilines is 1. The first-order valence-corrected chi connectivity index (χ1v) is 9.51. The second kappa shape index (κ2) is 8.71. The van der Waals surface area contributed by atoms with Crippen LogP contribution in [-0.4, -0.2) is 29.9 Å². The van der Waals surface area contributed by atoms with Crippen molar-refractivity contribution in [1.82, 2.24) is 10.2 Å². The van der Waals surface area contributed by atoms with Crippen molar-refractivity contribution in [3.8, 4) is 0 Å². The van der Waals surface area contributed by atoms with Crippen LogP contribution >= 0.6 is 0 Å². The van der Waals surface area contributed by atoms with Crippen LogP contribution in [0.3, 0.4) is 0 Å². The van der Waals surface area contributed by atoms with E-state index in [0.29, 0.717) is 13.1 Å². The van der Waals surface area contributed by atoms with E-state index >= 15 is 0 Å². The molecule has 1 saturated heterocycles. The Balaban J connectivity index is 1.56. The van der Waals surface area contributed by atoms with Gasteiger partial charge in [-0.15, -0.1) is 0 Å². The first kappa shape index (κ1) is 19.0. The zero-order valence-corrected chi connectivity index (χ0v) is 15.9. The third kappa shape index (κ3) is 5.09. The molecule has 0 saturated carbocycles. The predicted octanol–water partition coefficient (Wildman–Crippen LogP) is 4.12. The number of rotatable bonds is 4. The van der Waals surface area contributed by atoms with Crippen molar-refractivity contribution in [2.45, 2.75) is 32.7 Å². The summed E-state index contributed by atoms with van der Waals surface area (Å²) in [5.41, 5.74) is 2.96. The van der Waals surface area contributed by atoms with E-state index < -0.39 is 0 Å². The lowest BCUT2D eigenvalue weighted by molar-refractivity contribution is -0.126. The fourth-order valence-electron chi connectivity index (χ4n) is 3.46. The molecule has 1 fully saturated rings. The molecule has 2 aromatic carbocycles. The van der Waals surface area contributed by atoms with E-state index in [1.807, 2.05) is 68.4 Å². The van der Waals surface area contributed by atoms with E-state index in [9.17, 15) is 9.59 Å². The number of nitrogens with one attached hydrogen (secondary N) is 2. The lowest BCUT2D eigenvalue weighted by Crippen LogP contribution is -2.47. The minimum atomic E-state index is -0.173. The van der Waals surface area contributed by atoms with Gasteiger partial charge in [0.1, 0.15) is 0 Å². The van der Waals surface area contributed by atoms with Gasteiger partial charge in [-0.05, 0) is 49.9 Å². The number of benzene rings is 2. The molecular weight excluding hydrogens is 338 g/mol. The van der Waals surface area contributed by atoms with Crippen LogP contribution in [0.5, 0.6) is 0 Å². The van der Waals surface area contributed by atoms with E-state index in [0.717, 1.165) is 29.7 Å². The highest BCUT2D eigenvalue weighted by atomic mass is 16.2. The zero-order chi connectivity index (χ0) is 19.2. The minimum Gasteiger partial charge on any atom is -0.349 e. The standard InChI is InChI=1S/C22H27N3O2/c1-16-8-6-12-20(14-16)24-22(27)25-13-7-11-19(15-25)21(26)23-17(2)18-9-4-3-5-10-18/h3-6,8-10,12,14,17,19H,7,11,13,15H2,1-2H3,(H,23,26)(H,24,27). The summed E-state index contributed by atoms with van der Waals surface area (Å²) >= 11 is 0. The minimum absolute atomic E-state index is 0.0133. The molecule has 2 unspecified atom stereocenters. The molecule has 0 aliphatic carbocycles. The molecule has 5 heteroatoms. The quantitative estimate of drug-likeness (QED) is 0.856. The number of carbonyl (C=O) groups is 2. The number of hydrogen-bond acceptors (Lipinski definition) is 2. The summed E-state index contributed by atoms with van der Waals surface area (Å²) in [6.07, 6.45) is 1.64. The summed E-state index contributed by atoms with van der Waals surface area (Å²) in [5, 5.41) is 6.02. The van der Waals surface area contributed by atoms with E-state index in [1.54, 1.807) is 4.90 Å². The maximum atomic E-state index is 12.7. The molecule has 0 aromatic heterocycles. The average molecular weight is 365 g/mol. The number of piperidine rings is 1. The molecule has 3 rings (SSSR count).